The van der Waals surface area contributed by atoms with E-state index in [4.69, 9.17) is 0 Å². The third kappa shape index (κ3) is 2.93. The zero-order valence-electron chi connectivity index (χ0n) is 12.3. The van der Waals surface area contributed by atoms with Gasteiger partial charge in [-0.1, -0.05) is 18.2 Å². The van der Waals surface area contributed by atoms with E-state index < -0.39 is 0 Å². The first-order chi connectivity index (χ1) is 9.16. The van der Waals surface area contributed by atoms with E-state index in [2.05, 4.69) is 48.3 Å². The molecule has 0 saturated heterocycles. The van der Waals surface area contributed by atoms with Crippen molar-refractivity contribution < 1.29 is 5.11 Å². The van der Waals surface area contributed by atoms with Crippen molar-refractivity contribution in [3.05, 3.63) is 29.8 Å². The molecular weight excluding hydrogens is 236 g/mol. The zero-order chi connectivity index (χ0) is 13.9. The lowest BCUT2D eigenvalue weighted by Gasteiger charge is -2.38. The van der Waals surface area contributed by atoms with Crippen LogP contribution in [-0.2, 0) is 0 Å². The number of hydrogen-bond donors (Lipinski definition) is 2. The third-order valence-electron chi connectivity index (χ3n) is 4.45. The Morgan fingerprint density at radius 1 is 1.37 bits per heavy atom. The smallest absolute Gasteiger partial charge is 0.0633 e. The van der Waals surface area contributed by atoms with Gasteiger partial charge >= 0.3 is 0 Å². The first kappa shape index (κ1) is 14.4. The van der Waals surface area contributed by atoms with Crippen molar-refractivity contribution in [2.24, 2.45) is 5.92 Å². The maximum Gasteiger partial charge on any atom is 0.0633 e. The molecule has 1 atom stereocenters. The van der Waals surface area contributed by atoms with Gasteiger partial charge in [-0.25, -0.2) is 0 Å². The van der Waals surface area contributed by atoms with E-state index in [9.17, 15) is 5.11 Å². The average molecular weight is 262 g/mol. The molecule has 0 amide bonds. The van der Waals surface area contributed by atoms with Crippen LogP contribution in [0.4, 0.5) is 5.69 Å². The van der Waals surface area contributed by atoms with Crippen LogP contribution >= 0.6 is 0 Å². The summed E-state index contributed by atoms with van der Waals surface area (Å²) in [6.45, 7) is 6.36. The van der Waals surface area contributed by atoms with Crippen molar-refractivity contribution in [3.63, 3.8) is 0 Å². The van der Waals surface area contributed by atoms with Gasteiger partial charge in [-0.2, -0.15) is 0 Å². The Balaban J connectivity index is 2.20. The quantitative estimate of drug-likeness (QED) is 0.790. The number of aliphatic hydroxyl groups is 1. The highest BCUT2D eigenvalue weighted by Crippen LogP contribution is 2.40. The highest BCUT2D eigenvalue weighted by molar-refractivity contribution is 5.53. The molecular formula is C16H26N2O. The van der Waals surface area contributed by atoms with Crippen LogP contribution in [0.3, 0.4) is 0 Å². The maximum atomic E-state index is 9.86. The molecule has 1 aromatic rings. The number of aryl methyl sites for hydroxylation is 1. The Kier molecular flexibility index (Phi) is 4.48. The molecule has 0 radical (unpaired) electrons. The number of para-hydroxylation sites is 1. The van der Waals surface area contributed by atoms with Crippen LogP contribution in [0.2, 0.25) is 0 Å². The third-order valence-corrected chi connectivity index (χ3v) is 4.45. The lowest BCUT2D eigenvalue weighted by molar-refractivity contribution is 0.152. The van der Waals surface area contributed by atoms with Crippen molar-refractivity contribution in [2.75, 3.05) is 31.6 Å². The predicted molar refractivity (Wildman–Crippen MR) is 80.7 cm³/mol. The van der Waals surface area contributed by atoms with Crippen LogP contribution < -0.4 is 10.2 Å². The fourth-order valence-corrected chi connectivity index (χ4v) is 2.93. The molecule has 1 aliphatic carbocycles. The van der Waals surface area contributed by atoms with Crippen LogP contribution in [0, 0.1) is 12.8 Å². The summed E-state index contributed by atoms with van der Waals surface area (Å²) >= 11 is 0. The Labute approximate surface area is 116 Å². The van der Waals surface area contributed by atoms with Crippen LogP contribution in [0.1, 0.15) is 25.3 Å². The Morgan fingerprint density at radius 2 is 2.05 bits per heavy atom. The fourth-order valence-electron chi connectivity index (χ4n) is 2.93. The topological polar surface area (TPSA) is 35.5 Å². The molecule has 0 heterocycles. The second-order valence-electron chi connectivity index (χ2n) is 5.64. The number of nitrogens with zero attached hydrogens (tertiary/aromatic N) is 1. The molecule has 1 aromatic carbocycles. The number of likely N-dealkylation sites (N-methyl/N-ethyl adjacent to an activating group) is 2. The predicted octanol–water partition coefficient (Wildman–Crippen LogP) is 2.18. The highest BCUT2D eigenvalue weighted by Gasteiger charge is 2.44. The molecule has 2 N–H and O–H groups in total. The van der Waals surface area contributed by atoms with Gasteiger partial charge in [0.25, 0.3) is 0 Å². The van der Waals surface area contributed by atoms with Crippen LogP contribution in [0.5, 0.6) is 0 Å². The SMILES string of the molecule is CCN(CC(CO)(NC)C1CC1)c1ccccc1C. The van der Waals surface area contributed by atoms with Crippen LogP contribution in [0.25, 0.3) is 0 Å². The summed E-state index contributed by atoms with van der Waals surface area (Å²) in [5.74, 6) is 0.612. The number of nitrogens with one attached hydrogen (secondary N) is 1. The zero-order valence-corrected chi connectivity index (χ0v) is 12.3. The molecule has 1 saturated carbocycles. The molecule has 2 rings (SSSR count). The molecule has 106 valence electrons. The summed E-state index contributed by atoms with van der Waals surface area (Å²) in [5.41, 5.74) is 2.42. The van der Waals surface area contributed by atoms with Gasteiger partial charge in [0, 0.05) is 18.8 Å². The van der Waals surface area contributed by atoms with Gasteiger partial charge in [-0.05, 0) is 51.3 Å². The molecule has 1 fully saturated rings. The molecule has 0 bridgehead atoms. The Morgan fingerprint density at radius 3 is 2.53 bits per heavy atom. The van der Waals surface area contributed by atoms with E-state index in [0.29, 0.717) is 5.92 Å². The van der Waals surface area contributed by atoms with Gasteiger partial charge in [-0.15, -0.1) is 0 Å². The van der Waals surface area contributed by atoms with E-state index in [1.54, 1.807) is 0 Å². The Hall–Kier alpha value is -1.06. The van der Waals surface area contributed by atoms with E-state index in [0.717, 1.165) is 13.1 Å². The molecule has 0 aromatic heterocycles. The van der Waals surface area contributed by atoms with Crippen molar-refractivity contribution in [3.8, 4) is 0 Å². The van der Waals surface area contributed by atoms with Gasteiger partial charge in [0.15, 0.2) is 0 Å². The minimum atomic E-state index is -0.154. The number of hydrogen-bond acceptors (Lipinski definition) is 3. The first-order valence-electron chi connectivity index (χ1n) is 7.27. The lowest BCUT2D eigenvalue weighted by Crippen LogP contribution is -2.57. The largest absolute Gasteiger partial charge is 0.394 e. The van der Waals surface area contributed by atoms with Crippen LogP contribution in [-0.4, -0.2) is 37.4 Å². The summed E-state index contributed by atoms with van der Waals surface area (Å²) < 4.78 is 0. The maximum absolute atomic E-state index is 9.86. The molecule has 0 spiro atoms. The number of benzene rings is 1. The van der Waals surface area contributed by atoms with Gasteiger partial charge in [-0.3, -0.25) is 0 Å². The van der Waals surface area contributed by atoms with Gasteiger partial charge in [0.1, 0.15) is 0 Å². The molecule has 1 aliphatic rings. The van der Waals surface area contributed by atoms with Crippen molar-refractivity contribution in [1.82, 2.24) is 5.32 Å². The molecule has 3 nitrogen and oxygen atoms in total. The second kappa shape index (κ2) is 5.93. The van der Waals surface area contributed by atoms with E-state index in [1.807, 2.05) is 7.05 Å². The standard InChI is InChI=1S/C16H26N2O/c1-4-18(15-8-6-5-7-13(15)2)11-16(12-19,17-3)14-9-10-14/h5-8,14,17,19H,4,9-12H2,1-3H3. The fraction of sp³-hybridized carbons (Fsp3) is 0.625. The van der Waals surface area contributed by atoms with E-state index in [-0.39, 0.29) is 12.1 Å². The minimum Gasteiger partial charge on any atom is -0.394 e. The van der Waals surface area contributed by atoms with Gasteiger partial charge in [0.2, 0.25) is 0 Å². The van der Waals surface area contributed by atoms with Gasteiger partial charge in [0.05, 0.1) is 12.1 Å². The van der Waals surface area contributed by atoms with E-state index >= 15 is 0 Å². The second-order valence-corrected chi connectivity index (χ2v) is 5.64. The van der Waals surface area contributed by atoms with Crippen molar-refractivity contribution in [1.29, 1.82) is 0 Å². The average Bonchev–Trinajstić information content (AvgIpc) is 3.27. The van der Waals surface area contributed by atoms with Crippen molar-refractivity contribution in [2.45, 2.75) is 32.2 Å². The number of aliphatic hydroxyl groups excluding tert-OH is 1. The molecule has 1 unspecified atom stereocenters. The number of anilines is 1. The minimum absolute atomic E-state index is 0.154. The Bertz CT molecular complexity index is 411. The van der Waals surface area contributed by atoms with Gasteiger partial charge < -0.3 is 15.3 Å². The normalized spacial score (nSPS) is 18.1. The molecule has 19 heavy (non-hydrogen) atoms. The monoisotopic (exact) mass is 262 g/mol. The highest BCUT2D eigenvalue weighted by atomic mass is 16.3. The summed E-state index contributed by atoms with van der Waals surface area (Å²) in [4.78, 5) is 2.38. The first-order valence-corrected chi connectivity index (χ1v) is 7.27. The summed E-state index contributed by atoms with van der Waals surface area (Å²) in [6, 6.07) is 8.48. The summed E-state index contributed by atoms with van der Waals surface area (Å²) in [6.07, 6.45) is 2.46. The molecule has 3 heteroatoms. The summed E-state index contributed by atoms with van der Waals surface area (Å²) in [5, 5.41) is 13.2. The lowest BCUT2D eigenvalue weighted by atomic mass is 9.93. The van der Waals surface area contributed by atoms with E-state index in [1.165, 1.54) is 24.1 Å². The number of rotatable bonds is 7. The summed E-state index contributed by atoms with van der Waals surface area (Å²) in [7, 11) is 1.97. The van der Waals surface area contributed by atoms with Crippen LogP contribution in [0.15, 0.2) is 24.3 Å². The van der Waals surface area contributed by atoms with Crippen molar-refractivity contribution >= 4 is 5.69 Å². The molecule has 0 aliphatic heterocycles.